The highest BCUT2D eigenvalue weighted by Gasteiger charge is 2.14. The van der Waals surface area contributed by atoms with Crippen LogP contribution in [-0.4, -0.2) is 0 Å². The Hall–Kier alpha value is -2.34. The first-order chi connectivity index (χ1) is 8.93. The molecule has 0 fully saturated rings. The summed E-state index contributed by atoms with van der Waals surface area (Å²) in [5.74, 6) is 0. The summed E-state index contributed by atoms with van der Waals surface area (Å²) >= 11 is 0. The molecular weight excluding hydrogens is 216 g/mol. The van der Waals surface area contributed by atoms with Crippen molar-refractivity contribution < 1.29 is 0 Å². The molecule has 4 rings (SSSR count). The van der Waals surface area contributed by atoms with Crippen LogP contribution in [0.4, 0.5) is 0 Å². The highest BCUT2D eigenvalue weighted by Crippen LogP contribution is 2.40. The Kier molecular flexibility index (Phi) is 2.93. The zero-order chi connectivity index (χ0) is 12.2. The Morgan fingerprint density at radius 2 is 1.00 bits per heavy atom. The van der Waals surface area contributed by atoms with E-state index in [1.54, 1.807) is 0 Å². The summed E-state index contributed by atoms with van der Waals surface area (Å²) in [6, 6.07) is 30.2. The topological polar surface area (TPSA) is 0 Å². The van der Waals surface area contributed by atoms with Crippen LogP contribution in [0.1, 0.15) is 0 Å². The molecule has 0 saturated heterocycles. The van der Waals surface area contributed by atoms with Gasteiger partial charge in [0, 0.05) is 0 Å². The Morgan fingerprint density at radius 1 is 0.500 bits per heavy atom. The van der Waals surface area contributed by atoms with Gasteiger partial charge in [-0.05, 0) is 52.6 Å². The van der Waals surface area contributed by atoms with Crippen LogP contribution in [0, 0.1) is 12.1 Å². The predicted octanol–water partition coefficient (Wildman–Crippen LogP) is 4.62. The van der Waals surface area contributed by atoms with Gasteiger partial charge in [-0.2, -0.15) is 0 Å². The molecule has 0 atom stereocenters. The summed E-state index contributed by atoms with van der Waals surface area (Å²) in [6.07, 6.45) is 0. The minimum absolute atomic E-state index is 1.29. The third-order valence-corrected chi connectivity index (χ3v) is 2.84. The number of hydrogen-bond donors (Lipinski definition) is 0. The summed E-state index contributed by atoms with van der Waals surface area (Å²) in [7, 11) is 0. The van der Waals surface area contributed by atoms with E-state index < -0.39 is 0 Å². The molecule has 0 unspecified atom stereocenters. The average molecular weight is 228 g/mol. The SMILES string of the molecule is [c]1ccc(-c2cc3cc-3c2)cc1.[c]1ccccc1. The van der Waals surface area contributed by atoms with Gasteiger partial charge in [-0.15, -0.1) is 0 Å². The monoisotopic (exact) mass is 228 g/mol. The van der Waals surface area contributed by atoms with Gasteiger partial charge in [0.25, 0.3) is 0 Å². The maximum atomic E-state index is 3.02. The van der Waals surface area contributed by atoms with Gasteiger partial charge in [-0.25, -0.2) is 0 Å². The first kappa shape index (κ1) is 10.8. The summed E-state index contributed by atoms with van der Waals surface area (Å²) < 4.78 is 0. The van der Waals surface area contributed by atoms with Crippen LogP contribution < -0.4 is 0 Å². The second-order valence-corrected chi connectivity index (χ2v) is 4.17. The van der Waals surface area contributed by atoms with Crippen molar-refractivity contribution >= 4 is 0 Å². The average Bonchev–Trinajstić information content (AvgIpc) is 3.09. The summed E-state index contributed by atoms with van der Waals surface area (Å²) in [6.45, 7) is 0. The molecule has 0 heteroatoms. The van der Waals surface area contributed by atoms with E-state index >= 15 is 0 Å². The smallest absolute Gasteiger partial charge is 0.0171 e. The zero-order valence-corrected chi connectivity index (χ0v) is 9.93. The maximum Gasteiger partial charge on any atom is -0.0171 e. The molecule has 0 heterocycles. The lowest BCUT2D eigenvalue weighted by Crippen LogP contribution is -1.69. The van der Waals surface area contributed by atoms with Crippen LogP contribution in [0.2, 0.25) is 0 Å². The fraction of sp³-hybridized carbons (Fsp3) is 0. The fourth-order valence-electron chi connectivity index (χ4n) is 1.85. The normalized spacial score (nSPS) is 10.2. The number of fused-ring (bicyclic) bond motifs is 1. The molecule has 0 aromatic heterocycles. The van der Waals surface area contributed by atoms with Crippen molar-refractivity contribution in [3.63, 3.8) is 0 Å². The quantitative estimate of drug-likeness (QED) is 0.446. The van der Waals surface area contributed by atoms with Crippen molar-refractivity contribution in [3.05, 3.63) is 84.9 Å². The van der Waals surface area contributed by atoms with Gasteiger partial charge in [0.2, 0.25) is 0 Å². The van der Waals surface area contributed by atoms with E-state index in [1.807, 2.05) is 42.5 Å². The first-order valence-corrected chi connectivity index (χ1v) is 5.96. The fourth-order valence-corrected chi connectivity index (χ4v) is 1.85. The molecule has 2 aromatic rings. The maximum absolute atomic E-state index is 3.02. The minimum atomic E-state index is 1.29. The molecular formula is C18H12. The van der Waals surface area contributed by atoms with Gasteiger partial charge in [0.15, 0.2) is 0 Å². The minimum Gasteiger partial charge on any atom is -0.0622 e. The van der Waals surface area contributed by atoms with E-state index in [0.717, 1.165) is 0 Å². The van der Waals surface area contributed by atoms with Crippen LogP contribution in [-0.2, 0) is 0 Å². The van der Waals surface area contributed by atoms with Crippen molar-refractivity contribution in [2.45, 2.75) is 0 Å². The van der Waals surface area contributed by atoms with E-state index in [9.17, 15) is 0 Å². The lowest BCUT2D eigenvalue weighted by molar-refractivity contribution is 1.66. The second-order valence-electron chi connectivity index (χ2n) is 4.17. The Bertz CT molecular complexity index is 578. The van der Waals surface area contributed by atoms with Crippen molar-refractivity contribution in [2.75, 3.05) is 0 Å². The second kappa shape index (κ2) is 4.89. The van der Waals surface area contributed by atoms with E-state index in [0.29, 0.717) is 0 Å². The molecule has 2 aliphatic rings. The van der Waals surface area contributed by atoms with E-state index in [-0.39, 0.29) is 0 Å². The predicted molar refractivity (Wildman–Crippen MR) is 75.0 cm³/mol. The van der Waals surface area contributed by atoms with Gasteiger partial charge in [-0.3, -0.25) is 0 Å². The van der Waals surface area contributed by atoms with Crippen LogP contribution in [0.25, 0.3) is 22.3 Å². The van der Waals surface area contributed by atoms with Gasteiger partial charge >= 0.3 is 0 Å². The van der Waals surface area contributed by atoms with Crippen LogP contribution in [0.5, 0.6) is 0 Å². The van der Waals surface area contributed by atoms with Gasteiger partial charge < -0.3 is 0 Å². The molecule has 18 heavy (non-hydrogen) atoms. The number of hydrogen-bond acceptors (Lipinski definition) is 0. The lowest BCUT2D eigenvalue weighted by Gasteiger charge is -1.94. The molecule has 0 nitrogen and oxygen atoms in total. The van der Waals surface area contributed by atoms with Gasteiger partial charge in [0.05, 0.1) is 0 Å². The Morgan fingerprint density at radius 3 is 1.44 bits per heavy atom. The summed E-state index contributed by atoms with van der Waals surface area (Å²) in [5.41, 5.74) is 5.42. The van der Waals surface area contributed by atoms with Crippen molar-refractivity contribution in [3.8, 4) is 22.3 Å². The van der Waals surface area contributed by atoms with E-state index in [2.05, 4.69) is 42.5 Å². The van der Waals surface area contributed by atoms with Crippen molar-refractivity contribution in [2.24, 2.45) is 0 Å². The summed E-state index contributed by atoms with van der Waals surface area (Å²) in [4.78, 5) is 0. The van der Waals surface area contributed by atoms with Crippen LogP contribution >= 0.6 is 0 Å². The third kappa shape index (κ3) is 2.49. The molecule has 2 aliphatic carbocycles. The molecule has 0 spiro atoms. The van der Waals surface area contributed by atoms with E-state index in [1.165, 1.54) is 22.3 Å². The van der Waals surface area contributed by atoms with Gasteiger partial charge in [-0.1, -0.05) is 54.6 Å². The molecule has 0 N–H and O–H groups in total. The molecule has 0 aliphatic heterocycles. The molecule has 2 radical (unpaired) electrons. The van der Waals surface area contributed by atoms with Crippen LogP contribution in [0.15, 0.2) is 72.8 Å². The Labute approximate surface area is 108 Å². The number of benzene rings is 3. The lowest BCUT2D eigenvalue weighted by atomic mass is 10.1. The Balaban J connectivity index is 0.000000142. The summed E-state index contributed by atoms with van der Waals surface area (Å²) in [5, 5.41) is 0. The number of rotatable bonds is 1. The zero-order valence-electron chi connectivity index (χ0n) is 9.93. The van der Waals surface area contributed by atoms with Crippen molar-refractivity contribution in [1.29, 1.82) is 0 Å². The molecule has 0 bridgehead atoms. The molecule has 2 aromatic carbocycles. The van der Waals surface area contributed by atoms with E-state index in [4.69, 9.17) is 0 Å². The highest BCUT2D eigenvalue weighted by molar-refractivity contribution is 5.89. The largest absolute Gasteiger partial charge is 0.0622 e. The molecule has 0 amide bonds. The third-order valence-electron chi connectivity index (χ3n) is 2.84. The van der Waals surface area contributed by atoms with Crippen molar-refractivity contribution in [1.82, 2.24) is 0 Å². The molecule has 0 saturated carbocycles. The first-order valence-electron chi connectivity index (χ1n) is 5.96. The van der Waals surface area contributed by atoms with Crippen LogP contribution in [0.3, 0.4) is 0 Å². The van der Waals surface area contributed by atoms with Gasteiger partial charge in [0.1, 0.15) is 0 Å². The standard InChI is InChI=1S/C12H7.C6H5/c1-2-4-9(5-3-1)10-6-11-8-12(11)7-10;1-2-4-6-5-3-1/h2-8H;1-5H. The highest BCUT2D eigenvalue weighted by atomic mass is 14.2. The molecule has 84 valence electrons.